The number of rotatable bonds is 5. The zero-order chi connectivity index (χ0) is 14.4. The lowest BCUT2D eigenvalue weighted by Gasteiger charge is -2.11. The summed E-state index contributed by atoms with van der Waals surface area (Å²) < 4.78 is 10.7. The molecule has 0 unspecified atom stereocenters. The van der Waals surface area contributed by atoms with Crippen LogP contribution in [0.3, 0.4) is 0 Å². The van der Waals surface area contributed by atoms with Crippen LogP contribution in [0.5, 0.6) is 0 Å². The fourth-order valence-corrected chi connectivity index (χ4v) is 2.27. The van der Waals surface area contributed by atoms with E-state index in [9.17, 15) is 9.59 Å². The van der Waals surface area contributed by atoms with Crippen molar-refractivity contribution in [2.75, 3.05) is 13.2 Å². The van der Waals surface area contributed by atoms with Crippen LogP contribution in [-0.4, -0.2) is 25.2 Å². The van der Waals surface area contributed by atoms with Gasteiger partial charge in [0.1, 0.15) is 0 Å². The Bertz CT molecular complexity index is 483. The lowest BCUT2D eigenvalue weighted by Crippen LogP contribution is -2.15. The summed E-state index contributed by atoms with van der Waals surface area (Å²) in [6, 6.07) is 3.29. The average molecular weight is 329 g/mol. The molecule has 1 rings (SSSR count). The molecule has 0 aliphatic heterocycles. The first-order valence-corrected chi connectivity index (χ1v) is 7.01. The number of esters is 2. The predicted molar refractivity (Wildman–Crippen MR) is 75.4 cm³/mol. The van der Waals surface area contributed by atoms with E-state index in [1.54, 1.807) is 26.0 Å². The average Bonchev–Trinajstić information content (AvgIpc) is 2.38. The summed E-state index contributed by atoms with van der Waals surface area (Å²) >= 11 is 3.39. The lowest BCUT2D eigenvalue weighted by atomic mass is 10.0. The van der Waals surface area contributed by atoms with Crippen molar-refractivity contribution in [1.29, 1.82) is 0 Å². The van der Waals surface area contributed by atoms with Crippen molar-refractivity contribution in [2.24, 2.45) is 0 Å². The van der Waals surface area contributed by atoms with Crippen molar-refractivity contribution in [3.8, 4) is 0 Å². The van der Waals surface area contributed by atoms with Crippen LogP contribution in [0.4, 0.5) is 0 Å². The van der Waals surface area contributed by atoms with Crippen molar-refractivity contribution in [3.05, 3.63) is 33.3 Å². The summed E-state index contributed by atoms with van der Waals surface area (Å²) in [4.78, 5) is 23.8. The molecule has 0 aliphatic rings. The molecule has 0 spiro atoms. The van der Waals surface area contributed by atoms with Crippen LogP contribution in [0.2, 0.25) is 0 Å². The second-order valence-corrected chi connectivity index (χ2v) is 4.64. The van der Waals surface area contributed by atoms with Gasteiger partial charge in [-0.2, -0.15) is 0 Å². The molecule has 5 heteroatoms. The van der Waals surface area contributed by atoms with Crippen LogP contribution in [-0.2, 0) is 15.9 Å². The molecule has 0 fully saturated rings. The van der Waals surface area contributed by atoms with Gasteiger partial charge < -0.3 is 9.47 Å². The molecule has 1 aromatic rings. The number of benzene rings is 1. The third-order valence-electron chi connectivity index (χ3n) is 2.56. The lowest BCUT2D eigenvalue weighted by molar-refractivity contribution is 0.0478. The number of aryl methyl sites for hydroxylation is 1. The topological polar surface area (TPSA) is 52.6 Å². The second kappa shape index (κ2) is 7.28. The summed E-state index contributed by atoms with van der Waals surface area (Å²) in [7, 11) is 0. The molecule has 19 heavy (non-hydrogen) atoms. The Morgan fingerprint density at radius 1 is 1.00 bits per heavy atom. The Hall–Kier alpha value is -1.36. The van der Waals surface area contributed by atoms with Crippen LogP contribution in [0, 0.1) is 0 Å². The van der Waals surface area contributed by atoms with E-state index >= 15 is 0 Å². The maximum Gasteiger partial charge on any atom is 0.339 e. The van der Waals surface area contributed by atoms with Crippen LogP contribution in [0.25, 0.3) is 0 Å². The van der Waals surface area contributed by atoms with Gasteiger partial charge in [0.15, 0.2) is 0 Å². The van der Waals surface area contributed by atoms with E-state index < -0.39 is 11.9 Å². The van der Waals surface area contributed by atoms with Gasteiger partial charge in [0, 0.05) is 4.47 Å². The van der Waals surface area contributed by atoms with E-state index in [1.807, 2.05) is 6.92 Å². The summed E-state index contributed by atoms with van der Waals surface area (Å²) in [6.45, 7) is 5.94. The van der Waals surface area contributed by atoms with Crippen LogP contribution < -0.4 is 0 Å². The Morgan fingerprint density at radius 3 is 1.89 bits per heavy atom. The van der Waals surface area contributed by atoms with Gasteiger partial charge in [-0.25, -0.2) is 9.59 Å². The highest BCUT2D eigenvalue weighted by atomic mass is 79.9. The zero-order valence-corrected chi connectivity index (χ0v) is 12.9. The van der Waals surface area contributed by atoms with Gasteiger partial charge in [0.25, 0.3) is 0 Å². The third kappa shape index (κ3) is 3.80. The van der Waals surface area contributed by atoms with Gasteiger partial charge in [-0.1, -0.05) is 22.9 Å². The minimum Gasteiger partial charge on any atom is -0.462 e. The van der Waals surface area contributed by atoms with E-state index in [-0.39, 0.29) is 24.3 Å². The number of ether oxygens (including phenoxy) is 2. The van der Waals surface area contributed by atoms with Crippen molar-refractivity contribution in [1.82, 2.24) is 0 Å². The maximum atomic E-state index is 11.9. The van der Waals surface area contributed by atoms with Crippen molar-refractivity contribution in [3.63, 3.8) is 0 Å². The normalized spacial score (nSPS) is 10.1. The second-order valence-electron chi connectivity index (χ2n) is 3.78. The monoisotopic (exact) mass is 328 g/mol. The Morgan fingerprint density at radius 2 is 1.47 bits per heavy atom. The smallest absolute Gasteiger partial charge is 0.339 e. The summed E-state index contributed by atoms with van der Waals surface area (Å²) in [5, 5.41) is 0. The Kier molecular flexibility index (Phi) is 6.02. The number of hydrogen-bond acceptors (Lipinski definition) is 4. The SMILES string of the molecule is CCOC(=O)c1cc(Br)c(CC)cc1C(=O)OCC. The quantitative estimate of drug-likeness (QED) is 0.777. The first-order valence-electron chi connectivity index (χ1n) is 6.21. The van der Waals surface area contributed by atoms with Crippen LogP contribution in [0.15, 0.2) is 16.6 Å². The fourth-order valence-electron chi connectivity index (χ4n) is 1.64. The molecule has 0 heterocycles. The molecule has 0 atom stereocenters. The molecule has 0 radical (unpaired) electrons. The van der Waals surface area contributed by atoms with E-state index in [0.29, 0.717) is 0 Å². The molecule has 0 saturated heterocycles. The molecular weight excluding hydrogens is 312 g/mol. The largest absolute Gasteiger partial charge is 0.462 e. The standard InChI is InChI=1S/C14H17BrO4/c1-4-9-7-10(13(16)18-5-2)11(8-12(9)15)14(17)19-6-3/h7-8H,4-6H2,1-3H3. The number of halogens is 1. The highest BCUT2D eigenvalue weighted by Gasteiger charge is 2.21. The van der Waals surface area contributed by atoms with E-state index in [0.717, 1.165) is 16.5 Å². The molecule has 0 bridgehead atoms. The first-order chi connectivity index (χ1) is 9.04. The molecule has 0 aromatic heterocycles. The molecule has 0 amide bonds. The molecule has 1 aromatic carbocycles. The summed E-state index contributed by atoms with van der Waals surface area (Å²) in [6.07, 6.45) is 0.746. The molecular formula is C14H17BrO4. The molecule has 0 aliphatic carbocycles. The minimum absolute atomic E-state index is 0.226. The van der Waals surface area contributed by atoms with Gasteiger partial charge >= 0.3 is 11.9 Å². The highest BCUT2D eigenvalue weighted by molar-refractivity contribution is 9.10. The molecule has 0 saturated carbocycles. The number of carbonyl (C=O) groups is 2. The van der Waals surface area contributed by atoms with Crippen molar-refractivity contribution in [2.45, 2.75) is 27.2 Å². The van der Waals surface area contributed by atoms with E-state index in [2.05, 4.69) is 15.9 Å². The van der Waals surface area contributed by atoms with Crippen molar-refractivity contribution < 1.29 is 19.1 Å². The minimum atomic E-state index is -0.520. The molecule has 4 nitrogen and oxygen atoms in total. The number of carbonyl (C=O) groups excluding carboxylic acids is 2. The number of hydrogen-bond donors (Lipinski definition) is 0. The molecule has 0 N–H and O–H groups in total. The van der Waals surface area contributed by atoms with Crippen molar-refractivity contribution >= 4 is 27.9 Å². The van der Waals surface area contributed by atoms with Gasteiger partial charge in [0.2, 0.25) is 0 Å². The summed E-state index contributed by atoms with van der Waals surface area (Å²) in [5.74, 6) is -1.03. The van der Waals surface area contributed by atoms with Gasteiger partial charge in [-0.15, -0.1) is 0 Å². The fraction of sp³-hybridized carbons (Fsp3) is 0.429. The Balaban J connectivity index is 3.30. The van der Waals surface area contributed by atoms with Gasteiger partial charge in [0.05, 0.1) is 24.3 Å². The highest BCUT2D eigenvalue weighted by Crippen LogP contribution is 2.24. The maximum absolute atomic E-state index is 11.9. The van der Waals surface area contributed by atoms with Gasteiger partial charge in [-0.3, -0.25) is 0 Å². The van der Waals surface area contributed by atoms with Crippen LogP contribution >= 0.6 is 15.9 Å². The van der Waals surface area contributed by atoms with E-state index in [1.165, 1.54) is 0 Å². The Labute approximate surface area is 121 Å². The molecule has 104 valence electrons. The predicted octanol–water partition coefficient (Wildman–Crippen LogP) is 3.36. The zero-order valence-electron chi connectivity index (χ0n) is 11.3. The third-order valence-corrected chi connectivity index (χ3v) is 3.30. The first kappa shape index (κ1) is 15.7. The van der Waals surface area contributed by atoms with Crippen LogP contribution in [0.1, 0.15) is 47.1 Å². The summed E-state index contributed by atoms with van der Waals surface area (Å²) in [5.41, 5.74) is 1.42. The van der Waals surface area contributed by atoms with Gasteiger partial charge in [-0.05, 0) is 38.0 Å². The van der Waals surface area contributed by atoms with E-state index in [4.69, 9.17) is 9.47 Å².